The van der Waals surface area contributed by atoms with E-state index in [4.69, 9.17) is 5.26 Å². The van der Waals surface area contributed by atoms with Crippen LogP contribution in [-0.2, 0) is 11.5 Å². The molecule has 14 heavy (non-hydrogen) atoms. The molecule has 0 amide bonds. The standard InChI is InChI=1S/C10H13NO2S/c1-11-6-7-14-10-4-2-9(3-5-10)8-13-12/h2-6,12H,7-8H2,1H3. The highest BCUT2D eigenvalue weighted by molar-refractivity contribution is 7.99. The molecule has 1 aromatic carbocycles. The molecular formula is C10H13NO2S. The maximum absolute atomic E-state index is 8.24. The van der Waals surface area contributed by atoms with Gasteiger partial charge in [0.15, 0.2) is 0 Å². The number of thioether (sulfide) groups is 1. The second-order valence-electron chi connectivity index (χ2n) is 2.67. The summed E-state index contributed by atoms with van der Waals surface area (Å²) in [5.74, 6) is 0.881. The molecule has 0 aromatic heterocycles. The molecule has 0 heterocycles. The Morgan fingerprint density at radius 1 is 1.43 bits per heavy atom. The molecule has 0 fully saturated rings. The molecule has 4 heteroatoms. The molecule has 0 aliphatic carbocycles. The van der Waals surface area contributed by atoms with Gasteiger partial charge in [0.1, 0.15) is 6.61 Å². The van der Waals surface area contributed by atoms with E-state index in [1.165, 1.54) is 4.90 Å². The van der Waals surface area contributed by atoms with Gasteiger partial charge in [0.2, 0.25) is 0 Å². The fourth-order valence-corrected chi connectivity index (χ4v) is 1.71. The summed E-state index contributed by atoms with van der Waals surface area (Å²) < 4.78 is 0. The van der Waals surface area contributed by atoms with Crippen molar-refractivity contribution in [1.82, 2.24) is 0 Å². The zero-order valence-corrected chi connectivity index (χ0v) is 8.83. The van der Waals surface area contributed by atoms with Crippen LogP contribution in [0.4, 0.5) is 0 Å². The Morgan fingerprint density at radius 3 is 2.71 bits per heavy atom. The first-order valence-corrected chi connectivity index (χ1v) is 5.24. The summed E-state index contributed by atoms with van der Waals surface area (Å²) in [5, 5.41) is 8.24. The topological polar surface area (TPSA) is 41.8 Å². The van der Waals surface area contributed by atoms with Crippen molar-refractivity contribution in [3.63, 3.8) is 0 Å². The maximum Gasteiger partial charge on any atom is 0.107 e. The lowest BCUT2D eigenvalue weighted by Gasteiger charge is -2.00. The lowest BCUT2D eigenvalue weighted by atomic mass is 10.2. The summed E-state index contributed by atoms with van der Waals surface area (Å²) in [6.07, 6.45) is 1.87. The number of benzene rings is 1. The number of nitrogens with zero attached hydrogens (tertiary/aromatic N) is 1. The zero-order chi connectivity index (χ0) is 10.2. The smallest absolute Gasteiger partial charge is 0.107 e. The predicted octanol–water partition coefficient (Wildman–Crippen LogP) is 2.47. The normalized spacial score (nSPS) is 11.0. The summed E-state index contributed by atoms with van der Waals surface area (Å²) in [6.45, 7) is 0.237. The molecule has 1 aromatic rings. The molecule has 0 bridgehead atoms. The minimum absolute atomic E-state index is 0.237. The molecule has 76 valence electrons. The van der Waals surface area contributed by atoms with E-state index in [9.17, 15) is 0 Å². The number of hydrogen-bond donors (Lipinski definition) is 1. The van der Waals surface area contributed by atoms with E-state index < -0.39 is 0 Å². The van der Waals surface area contributed by atoms with Gasteiger partial charge in [-0.1, -0.05) is 12.1 Å². The second kappa shape index (κ2) is 6.59. The molecular weight excluding hydrogens is 198 g/mol. The van der Waals surface area contributed by atoms with Crippen LogP contribution in [0.25, 0.3) is 0 Å². The van der Waals surface area contributed by atoms with Gasteiger partial charge >= 0.3 is 0 Å². The van der Waals surface area contributed by atoms with Gasteiger partial charge in [-0.25, -0.2) is 4.89 Å². The van der Waals surface area contributed by atoms with Gasteiger partial charge in [0.05, 0.1) is 0 Å². The van der Waals surface area contributed by atoms with Crippen molar-refractivity contribution in [3.8, 4) is 0 Å². The Labute approximate surface area is 87.7 Å². The van der Waals surface area contributed by atoms with Crippen molar-refractivity contribution in [2.45, 2.75) is 11.5 Å². The van der Waals surface area contributed by atoms with Crippen molar-refractivity contribution in [2.75, 3.05) is 12.8 Å². The molecule has 0 saturated carbocycles. The molecule has 0 aliphatic rings. The van der Waals surface area contributed by atoms with Crippen LogP contribution in [0.1, 0.15) is 5.56 Å². The quantitative estimate of drug-likeness (QED) is 0.352. The maximum atomic E-state index is 8.24. The number of hydrogen-bond acceptors (Lipinski definition) is 4. The van der Waals surface area contributed by atoms with Crippen LogP contribution in [0.3, 0.4) is 0 Å². The Balaban J connectivity index is 2.46. The first-order valence-electron chi connectivity index (χ1n) is 4.25. The highest BCUT2D eigenvalue weighted by Crippen LogP contribution is 2.17. The van der Waals surface area contributed by atoms with Crippen molar-refractivity contribution < 1.29 is 10.1 Å². The second-order valence-corrected chi connectivity index (χ2v) is 3.76. The number of rotatable bonds is 5. The van der Waals surface area contributed by atoms with Gasteiger partial charge in [0.25, 0.3) is 0 Å². The largest absolute Gasteiger partial charge is 0.300 e. The van der Waals surface area contributed by atoms with Crippen LogP contribution in [0.15, 0.2) is 34.2 Å². The molecule has 0 saturated heterocycles. The van der Waals surface area contributed by atoms with Crippen molar-refractivity contribution in [1.29, 1.82) is 0 Å². The molecule has 3 nitrogen and oxygen atoms in total. The summed E-state index contributed by atoms with van der Waals surface area (Å²) in [6, 6.07) is 7.87. The first kappa shape index (κ1) is 11.2. The van der Waals surface area contributed by atoms with E-state index in [0.29, 0.717) is 0 Å². The van der Waals surface area contributed by atoms with E-state index >= 15 is 0 Å². The molecule has 0 unspecified atom stereocenters. The highest BCUT2D eigenvalue weighted by Gasteiger charge is 1.94. The van der Waals surface area contributed by atoms with Crippen molar-refractivity contribution in [3.05, 3.63) is 29.8 Å². The van der Waals surface area contributed by atoms with Gasteiger partial charge in [-0.3, -0.25) is 10.2 Å². The highest BCUT2D eigenvalue weighted by atomic mass is 32.2. The first-order chi connectivity index (χ1) is 6.86. The molecule has 0 atom stereocenters. The van der Waals surface area contributed by atoms with Crippen LogP contribution >= 0.6 is 11.8 Å². The average Bonchev–Trinajstić information content (AvgIpc) is 2.21. The van der Waals surface area contributed by atoms with Gasteiger partial charge in [-0.05, 0) is 17.7 Å². The lowest BCUT2D eigenvalue weighted by molar-refractivity contribution is -0.253. The number of aliphatic imine (C=N–C) groups is 1. The summed E-state index contributed by atoms with van der Waals surface area (Å²) in [5.41, 5.74) is 0.959. The van der Waals surface area contributed by atoms with Gasteiger partial charge in [-0.2, -0.15) is 0 Å². The summed E-state index contributed by atoms with van der Waals surface area (Å²) in [7, 11) is 1.77. The van der Waals surface area contributed by atoms with Crippen molar-refractivity contribution >= 4 is 18.0 Å². The van der Waals surface area contributed by atoms with Crippen molar-refractivity contribution in [2.24, 2.45) is 4.99 Å². The van der Waals surface area contributed by atoms with Gasteiger partial charge in [0, 0.05) is 23.9 Å². The van der Waals surface area contributed by atoms with E-state index in [-0.39, 0.29) is 6.61 Å². The van der Waals surface area contributed by atoms with E-state index in [1.807, 2.05) is 30.5 Å². The van der Waals surface area contributed by atoms with E-state index in [0.717, 1.165) is 11.3 Å². The third kappa shape index (κ3) is 3.91. The molecule has 0 spiro atoms. The van der Waals surface area contributed by atoms with Gasteiger partial charge < -0.3 is 0 Å². The molecule has 0 aliphatic heterocycles. The van der Waals surface area contributed by atoms with Gasteiger partial charge in [-0.15, -0.1) is 11.8 Å². The summed E-state index contributed by atoms with van der Waals surface area (Å²) in [4.78, 5) is 9.12. The monoisotopic (exact) mass is 211 g/mol. The van der Waals surface area contributed by atoms with Crippen LogP contribution in [0, 0.1) is 0 Å². The Kier molecular flexibility index (Phi) is 5.29. The fraction of sp³-hybridized carbons (Fsp3) is 0.300. The summed E-state index contributed by atoms with van der Waals surface area (Å²) >= 11 is 1.72. The minimum atomic E-state index is 0.237. The third-order valence-electron chi connectivity index (χ3n) is 1.66. The van der Waals surface area contributed by atoms with Crippen LogP contribution in [0.5, 0.6) is 0 Å². The average molecular weight is 211 g/mol. The fourth-order valence-electron chi connectivity index (χ4n) is 0.964. The van der Waals surface area contributed by atoms with E-state index in [2.05, 4.69) is 9.88 Å². The Hall–Kier alpha value is -0.840. The third-order valence-corrected chi connectivity index (χ3v) is 2.58. The van der Waals surface area contributed by atoms with E-state index in [1.54, 1.807) is 18.8 Å². The van der Waals surface area contributed by atoms with Crippen LogP contribution in [0.2, 0.25) is 0 Å². The Morgan fingerprint density at radius 2 is 2.14 bits per heavy atom. The minimum Gasteiger partial charge on any atom is -0.300 e. The zero-order valence-electron chi connectivity index (χ0n) is 8.01. The molecule has 1 rings (SSSR count). The SMILES string of the molecule is CN=CCSc1ccc(COO)cc1. The Bertz CT molecular complexity index is 285. The molecule has 1 N–H and O–H groups in total. The lowest BCUT2D eigenvalue weighted by Crippen LogP contribution is -1.87. The van der Waals surface area contributed by atoms with Crippen LogP contribution in [-0.4, -0.2) is 24.3 Å². The predicted molar refractivity (Wildman–Crippen MR) is 59.0 cm³/mol. The van der Waals surface area contributed by atoms with Crippen LogP contribution < -0.4 is 0 Å². The molecule has 0 radical (unpaired) electrons.